The Balaban J connectivity index is 1.40. The fraction of sp³-hybridized carbons (Fsp3) is 0.429. The third kappa shape index (κ3) is 4.36. The maximum atomic E-state index is 12.5. The summed E-state index contributed by atoms with van der Waals surface area (Å²) in [4.78, 5) is 22.1. The molecule has 3 aromatic rings. The fourth-order valence-corrected chi connectivity index (χ4v) is 4.36. The first-order chi connectivity index (χ1) is 13.7. The van der Waals surface area contributed by atoms with Gasteiger partial charge in [0.1, 0.15) is 11.5 Å². The summed E-state index contributed by atoms with van der Waals surface area (Å²) in [6.07, 6.45) is 7.52. The highest BCUT2D eigenvalue weighted by Crippen LogP contribution is 2.27. The summed E-state index contributed by atoms with van der Waals surface area (Å²) in [7, 11) is 0. The number of ether oxygens (including phenoxy) is 1. The van der Waals surface area contributed by atoms with Gasteiger partial charge in [0.25, 0.3) is 0 Å². The molecule has 0 spiro atoms. The molecule has 0 aromatic carbocycles. The second-order valence-corrected chi connectivity index (χ2v) is 8.20. The van der Waals surface area contributed by atoms with Crippen LogP contribution in [0.4, 0.5) is 0 Å². The molecule has 6 nitrogen and oxygen atoms in total. The van der Waals surface area contributed by atoms with Gasteiger partial charge in [-0.15, -0.1) is 11.3 Å². The van der Waals surface area contributed by atoms with Crippen LogP contribution in [-0.2, 0) is 17.6 Å². The SMILES string of the molecule is Cc1onc(-c2ccccn2)c1CCc1ncc(C(=O)CC2CCOCC2)s1. The largest absolute Gasteiger partial charge is 0.381 e. The third-order valence-electron chi connectivity index (χ3n) is 5.12. The van der Waals surface area contributed by atoms with Crippen molar-refractivity contribution in [3.8, 4) is 11.4 Å². The van der Waals surface area contributed by atoms with E-state index in [-0.39, 0.29) is 5.78 Å². The molecule has 3 aromatic heterocycles. The molecule has 4 rings (SSSR count). The van der Waals surface area contributed by atoms with Crippen LogP contribution in [0.15, 0.2) is 35.1 Å². The predicted octanol–water partition coefficient (Wildman–Crippen LogP) is 4.29. The normalized spacial score (nSPS) is 15.0. The molecule has 28 heavy (non-hydrogen) atoms. The van der Waals surface area contributed by atoms with Crippen molar-refractivity contribution >= 4 is 17.1 Å². The number of carbonyl (C=O) groups excluding carboxylic acids is 1. The van der Waals surface area contributed by atoms with Gasteiger partial charge in [-0.2, -0.15) is 0 Å². The van der Waals surface area contributed by atoms with Crippen molar-refractivity contribution in [1.29, 1.82) is 0 Å². The number of pyridine rings is 1. The van der Waals surface area contributed by atoms with Crippen molar-refractivity contribution < 1.29 is 14.1 Å². The van der Waals surface area contributed by atoms with Crippen molar-refractivity contribution in [1.82, 2.24) is 15.1 Å². The topological polar surface area (TPSA) is 78.1 Å². The van der Waals surface area contributed by atoms with Gasteiger partial charge in [0.2, 0.25) is 0 Å². The molecule has 1 aliphatic rings. The van der Waals surface area contributed by atoms with E-state index in [1.165, 1.54) is 11.3 Å². The molecular weight excluding hydrogens is 374 g/mol. The monoisotopic (exact) mass is 397 g/mol. The van der Waals surface area contributed by atoms with Gasteiger partial charge < -0.3 is 9.26 Å². The minimum Gasteiger partial charge on any atom is -0.381 e. The molecule has 4 heterocycles. The molecule has 7 heteroatoms. The van der Waals surface area contributed by atoms with Crippen molar-refractivity contribution in [3.05, 3.63) is 51.8 Å². The molecule has 146 valence electrons. The van der Waals surface area contributed by atoms with E-state index < -0.39 is 0 Å². The lowest BCUT2D eigenvalue weighted by Gasteiger charge is -2.20. The average Bonchev–Trinajstić information content (AvgIpc) is 3.34. The van der Waals surface area contributed by atoms with Gasteiger partial charge in [-0.05, 0) is 44.2 Å². The molecule has 0 radical (unpaired) electrons. The first-order valence-electron chi connectivity index (χ1n) is 9.63. The lowest BCUT2D eigenvalue weighted by molar-refractivity contribution is 0.0602. The minimum atomic E-state index is 0.200. The van der Waals surface area contributed by atoms with E-state index >= 15 is 0 Å². The Kier molecular flexibility index (Phi) is 5.92. The highest BCUT2D eigenvalue weighted by Gasteiger charge is 2.20. The lowest BCUT2D eigenvalue weighted by atomic mass is 9.94. The van der Waals surface area contributed by atoms with E-state index in [1.807, 2.05) is 25.1 Å². The number of rotatable bonds is 7. The van der Waals surface area contributed by atoms with E-state index in [9.17, 15) is 4.79 Å². The molecule has 0 N–H and O–H groups in total. The summed E-state index contributed by atoms with van der Waals surface area (Å²) in [6.45, 7) is 3.45. The number of Topliss-reactive ketones (excluding diaryl/α,β-unsaturated/α-hetero) is 1. The number of hydrogen-bond donors (Lipinski definition) is 0. The van der Waals surface area contributed by atoms with Gasteiger partial charge in [-0.3, -0.25) is 9.78 Å². The van der Waals surface area contributed by atoms with Gasteiger partial charge in [-0.25, -0.2) is 4.98 Å². The molecule has 0 bridgehead atoms. The quantitative estimate of drug-likeness (QED) is 0.554. The Bertz CT molecular complexity index is 930. The average molecular weight is 398 g/mol. The van der Waals surface area contributed by atoms with E-state index in [2.05, 4.69) is 15.1 Å². The summed E-state index contributed by atoms with van der Waals surface area (Å²) < 4.78 is 10.8. The number of ketones is 1. The Morgan fingerprint density at radius 3 is 2.86 bits per heavy atom. The second-order valence-electron chi connectivity index (χ2n) is 7.08. The van der Waals surface area contributed by atoms with Crippen LogP contribution >= 0.6 is 11.3 Å². The lowest BCUT2D eigenvalue weighted by Crippen LogP contribution is -2.18. The molecule has 0 unspecified atom stereocenters. The van der Waals surface area contributed by atoms with Crippen LogP contribution in [0.1, 0.15) is 45.3 Å². The molecule has 0 aliphatic carbocycles. The molecule has 1 saturated heterocycles. The van der Waals surface area contributed by atoms with E-state index in [0.717, 1.165) is 71.5 Å². The van der Waals surface area contributed by atoms with E-state index in [0.29, 0.717) is 12.3 Å². The van der Waals surface area contributed by atoms with Gasteiger partial charge in [-0.1, -0.05) is 11.2 Å². The molecule has 1 aliphatic heterocycles. The summed E-state index contributed by atoms with van der Waals surface area (Å²) in [5, 5.41) is 5.14. The summed E-state index contributed by atoms with van der Waals surface area (Å²) in [5.41, 5.74) is 2.63. The van der Waals surface area contributed by atoms with Crippen molar-refractivity contribution in [3.63, 3.8) is 0 Å². The fourth-order valence-electron chi connectivity index (χ4n) is 3.49. The van der Waals surface area contributed by atoms with Crippen LogP contribution in [0.5, 0.6) is 0 Å². The Labute approximate surface area is 168 Å². The van der Waals surface area contributed by atoms with Crippen molar-refractivity contribution in [2.24, 2.45) is 5.92 Å². The first kappa shape index (κ1) is 19.0. The van der Waals surface area contributed by atoms with Gasteiger partial charge in [0, 0.05) is 44.0 Å². The maximum absolute atomic E-state index is 12.5. The standard InChI is InChI=1S/C21H23N3O3S/c1-14-16(21(24-27-14)17-4-2-3-9-22-17)5-6-20-23-13-19(28-20)18(25)12-15-7-10-26-11-8-15/h2-4,9,13,15H,5-8,10-12H2,1H3. The van der Waals surface area contributed by atoms with Crippen LogP contribution in [0, 0.1) is 12.8 Å². The van der Waals surface area contributed by atoms with Gasteiger partial charge in [0.15, 0.2) is 5.78 Å². The van der Waals surface area contributed by atoms with Crippen LogP contribution in [0.2, 0.25) is 0 Å². The zero-order valence-corrected chi connectivity index (χ0v) is 16.7. The number of carbonyl (C=O) groups is 1. The Morgan fingerprint density at radius 2 is 2.07 bits per heavy atom. The molecule has 0 amide bonds. The number of aryl methyl sites for hydroxylation is 2. The van der Waals surface area contributed by atoms with Crippen LogP contribution in [-0.4, -0.2) is 34.1 Å². The van der Waals surface area contributed by atoms with Crippen LogP contribution < -0.4 is 0 Å². The highest BCUT2D eigenvalue weighted by atomic mass is 32.1. The van der Waals surface area contributed by atoms with Crippen LogP contribution in [0.25, 0.3) is 11.4 Å². The molecular formula is C21H23N3O3S. The van der Waals surface area contributed by atoms with Crippen molar-refractivity contribution in [2.45, 2.75) is 39.0 Å². The molecule has 0 atom stereocenters. The summed E-state index contributed by atoms with van der Waals surface area (Å²) in [6, 6.07) is 5.75. The summed E-state index contributed by atoms with van der Waals surface area (Å²) >= 11 is 1.50. The van der Waals surface area contributed by atoms with Crippen LogP contribution in [0.3, 0.4) is 0 Å². The Hall–Kier alpha value is -2.38. The first-order valence-corrected chi connectivity index (χ1v) is 10.4. The van der Waals surface area contributed by atoms with Gasteiger partial charge in [0.05, 0.1) is 15.6 Å². The number of aromatic nitrogens is 3. The number of nitrogens with zero attached hydrogens (tertiary/aromatic N) is 3. The number of hydrogen-bond acceptors (Lipinski definition) is 7. The summed E-state index contributed by atoms with van der Waals surface area (Å²) in [5.74, 6) is 1.44. The Morgan fingerprint density at radius 1 is 1.21 bits per heavy atom. The van der Waals surface area contributed by atoms with E-state index in [1.54, 1.807) is 12.4 Å². The molecule has 1 fully saturated rings. The molecule has 0 saturated carbocycles. The van der Waals surface area contributed by atoms with Gasteiger partial charge >= 0.3 is 0 Å². The smallest absolute Gasteiger partial charge is 0.174 e. The zero-order chi connectivity index (χ0) is 19.3. The minimum absolute atomic E-state index is 0.200. The third-order valence-corrected chi connectivity index (χ3v) is 6.22. The second kappa shape index (κ2) is 8.75. The van der Waals surface area contributed by atoms with E-state index in [4.69, 9.17) is 9.26 Å². The predicted molar refractivity (Wildman–Crippen MR) is 106 cm³/mol. The maximum Gasteiger partial charge on any atom is 0.174 e. The highest BCUT2D eigenvalue weighted by molar-refractivity contribution is 7.13. The van der Waals surface area contributed by atoms with Crippen molar-refractivity contribution in [2.75, 3.05) is 13.2 Å². The number of thiazole rings is 1. The zero-order valence-electron chi connectivity index (χ0n) is 15.9.